The predicted molar refractivity (Wildman–Crippen MR) is 72.1 cm³/mol. The van der Waals surface area contributed by atoms with E-state index in [1.165, 1.54) is 7.05 Å². The molecule has 0 saturated heterocycles. The summed E-state index contributed by atoms with van der Waals surface area (Å²) in [5.41, 5.74) is 0.764. The number of nitrogens with zero attached hydrogens (tertiary/aromatic N) is 1. The Morgan fingerprint density at radius 1 is 1.37 bits per heavy atom. The second-order valence-electron chi connectivity index (χ2n) is 3.92. The smallest absolute Gasteiger partial charge is 0.304 e. The molecule has 8 heteroatoms. The number of nitrogens with one attached hydrogen (secondary N) is 1. The van der Waals surface area contributed by atoms with E-state index in [0.29, 0.717) is 5.02 Å². The first kappa shape index (κ1) is 15.9. The van der Waals surface area contributed by atoms with Crippen LogP contribution >= 0.6 is 11.6 Å². The summed E-state index contributed by atoms with van der Waals surface area (Å²) in [6, 6.07) is 6.75. The first-order valence-electron chi connectivity index (χ1n) is 5.48. The van der Waals surface area contributed by atoms with E-state index >= 15 is 0 Å². The number of benzene rings is 1. The molecule has 0 amide bonds. The molecule has 0 bridgehead atoms. The van der Waals surface area contributed by atoms with Gasteiger partial charge in [-0.25, -0.2) is 0 Å². The molecule has 0 aromatic heterocycles. The molecular weight excluding hydrogens is 292 g/mol. The first-order valence-corrected chi connectivity index (χ1v) is 7.30. The summed E-state index contributed by atoms with van der Waals surface area (Å²) in [7, 11) is -2.35. The molecule has 1 rings (SSSR count). The molecule has 0 aliphatic rings. The second kappa shape index (κ2) is 6.85. The number of carbonyl (C=O) groups is 1. The van der Waals surface area contributed by atoms with Gasteiger partial charge in [-0.05, 0) is 17.7 Å². The lowest BCUT2D eigenvalue weighted by Gasteiger charge is -2.16. The van der Waals surface area contributed by atoms with Crippen LogP contribution in [0.5, 0.6) is 0 Å². The minimum absolute atomic E-state index is 0.0781. The van der Waals surface area contributed by atoms with E-state index in [4.69, 9.17) is 16.7 Å². The fraction of sp³-hybridized carbons (Fsp3) is 0.364. The molecule has 106 valence electrons. The largest absolute Gasteiger partial charge is 0.481 e. The van der Waals surface area contributed by atoms with Crippen molar-refractivity contribution < 1.29 is 18.3 Å². The quantitative estimate of drug-likeness (QED) is 0.789. The van der Waals surface area contributed by atoms with Crippen molar-refractivity contribution in [2.45, 2.75) is 13.0 Å². The monoisotopic (exact) mass is 306 g/mol. The molecular formula is C11H15ClN2O4S. The van der Waals surface area contributed by atoms with Crippen molar-refractivity contribution in [1.82, 2.24) is 9.03 Å². The molecule has 0 fully saturated rings. The normalized spacial score (nSPS) is 11.7. The molecule has 2 N–H and O–H groups in total. The van der Waals surface area contributed by atoms with Crippen LogP contribution in [0.15, 0.2) is 24.3 Å². The SMILES string of the molecule is CN(CCC(=O)O)S(=O)(=O)NCc1ccc(Cl)cc1. The van der Waals surface area contributed by atoms with Gasteiger partial charge in [-0.15, -0.1) is 0 Å². The van der Waals surface area contributed by atoms with Crippen molar-refractivity contribution in [1.29, 1.82) is 0 Å². The standard InChI is InChI=1S/C11H15ClN2O4S/c1-14(7-6-11(15)16)19(17,18)13-8-9-2-4-10(12)5-3-9/h2-5,13H,6-8H2,1H3,(H,15,16). The molecule has 0 unspecified atom stereocenters. The molecule has 0 heterocycles. The number of carboxylic acid groups (broad SMARTS) is 1. The molecule has 0 aliphatic heterocycles. The Bertz CT molecular complexity index is 530. The lowest BCUT2D eigenvalue weighted by molar-refractivity contribution is -0.137. The van der Waals surface area contributed by atoms with Gasteiger partial charge in [0.15, 0.2) is 0 Å². The number of hydrogen-bond acceptors (Lipinski definition) is 3. The van der Waals surface area contributed by atoms with E-state index in [2.05, 4.69) is 4.72 Å². The highest BCUT2D eigenvalue weighted by molar-refractivity contribution is 7.87. The van der Waals surface area contributed by atoms with Crippen LogP contribution in [-0.4, -0.2) is 37.4 Å². The molecule has 0 atom stereocenters. The van der Waals surface area contributed by atoms with Gasteiger partial charge in [0.1, 0.15) is 0 Å². The Morgan fingerprint density at radius 3 is 2.47 bits per heavy atom. The number of rotatable bonds is 7. The van der Waals surface area contributed by atoms with Gasteiger partial charge in [-0.2, -0.15) is 17.4 Å². The minimum atomic E-state index is -3.68. The van der Waals surface area contributed by atoms with Crippen molar-refractivity contribution in [2.24, 2.45) is 0 Å². The molecule has 0 radical (unpaired) electrons. The van der Waals surface area contributed by atoms with Gasteiger partial charge in [-0.1, -0.05) is 23.7 Å². The van der Waals surface area contributed by atoms with E-state index in [9.17, 15) is 13.2 Å². The van der Waals surface area contributed by atoms with Crippen molar-refractivity contribution in [3.63, 3.8) is 0 Å². The van der Waals surface area contributed by atoms with Crippen LogP contribution < -0.4 is 4.72 Å². The summed E-state index contributed by atoms with van der Waals surface area (Å²) in [4.78, 5) is 10.4. The van der Waals surface area contributed by atoms with Gasteiger partial charge in [0.2, 0.25) is 0 Å². The molecule has 0 saturated carbocycles. The van der Waals surface area contributed by atoms with Crippen LogP contribution in [0, 0.1) is 0 Å². The second-order valence-corrected chi connectivity index (χ2v) is 6.22. The summed E-state index contributed by atoms with van der Waals surface area (Å²) in [6.07, 6.45) is -0.238. The number of halogens is 1. The van der Waals surface area contributed by atoms with Crippen molar-refractivity contribution >= 4 is 27.8 Å². The Labute approximate surface area is 117 Å². The van der Waals surface area contributed by atoms with Gasteiger partial charge < -0.3 is 5.11 Å². The summed E-state index contributed by atoms with van der Waals surface area (Å²) in [5.74, 6) is -1.04. The average Bonchev–Trinajstić information content (AvgIpc) is 2.35. The van der Waals surface area contributed by atoms with E-state index in [-0.39, 0.29) is 19.5 Å². The highest BCUT2D eigenvalue weighted by Crippen LogP contribution is 2.09. The lowest BCUT2D eigenvalue weighted by Crippen LogP contribution is -2.38. The van der Waals surface area contributed by atoms with Crippen molar-refractivity contribution in [2.75, 3.05) is 13.6 Å². The maximum Gasteiger partial charge on any atom is 0.304 e. The van der Waals surface area contributed by atoms with Gasteiger partial charge >= 0.3 is 5.97 Å². The van der Waals surface area contributed by atoms with Crippen LogP contribution in [0.25, 0.3) is 0 Å². The van der Waals surface area contributed by atoms with Crippen LogP contribution in [0.3, 0.4) is 0 Å². The highest BCUT2D eigenvalue weighted by atomic mass is 35.5. The van der Waals surface area contributed by atoms with E-state index < -0.39 is 16.2 Å². The number of aliphatic carboxylic acids is 1. The first-order chi connectivity index (χ1) is 8.81. The maximum atomic E-state index is 11.8. The van der Waals surface area contributed by atoms with Crippen molar-refractivity contribution in [3.8, 4) is 0 Å². The third kappa shape index (κ3) is 5.56. The third-order valence-corrected chi connectivity index (χ3v) is 4.19. The Balaban J connectivity index is 2.54. The zero-order chi connectivity index (χ0) is 14.5. The maximum absolute atomic E-state index is 11.8. The van der Waals surface area contributed by atoms with E-state index in [1.807, 2.05) is 0 Å². The Morgan fingerprint density at radius 2 is 1.95 bits per heavy atom. The molecule has 19 heavy (non-hydrogen) atoms. The fourth-order valence-electron chi connectivity index (χ4n) is 1.26. The van der Waals surface area contributed by atoms with Gasteiger partial charge in [0.05, 0.1) is 6.42 Å². The lowest BCUT2D eigenvalue weighted by atomic mass is 10.2. The summed E-state index contributed by atoms with van der Waals surface area (Å²) < 4.78 is 26.9. The Kier molecular flexibility index (Phi) is 5.74. The zero-order valence-electron chi connectivity index (χ0n) is 10.3. The average molecular weight is 307 g/mol. The highest BCUT2D eigenvalue weighted by Gasteiger charge is 2.17. The predicted octanol–water partition coefficient (Wildman–Crippen LogP) is 1.08. The fourth-order valence-corrected chi connectivity index (χ4v) is 2.29. The number of carboxylic acids is 1. The Hall–Kier alpha value is -1.15. The van der Waals surface area contributed by atoms with Gasteiger partial charge in [-0.3, -0.25) is 4.79 Å². The van der Waals surface area contributed by atoms with Crippen LogP contribution in [0.2, 0.25) is 5.02 Å². The van der Waals surface area contributed by atoms with Gasteiger partial charge in [0, 0.05) is 25.2 Å². The summed E-state index contributed by atoms with van der Waals surface area (Å²) >= 11 is 5.72. The molecule has 0 spiro atoms. The van der Waals surface area contributed by atoms with E-state index in [0.717, 1.165) is 9.87 Å². The zero-order valence-corrected chi connectivity index (χ0v) is 11.9. The van der Waals surface area contributed by atoms with Crippen LogP contribution in [0.1, 0.15) is 12.0 Å². The van der Waals surface area contributed by atoms with Crippen LogP contribution in [-0.2, 0) is 21.5 Å². The van der Waals surface area contributed by atoms with Crippen molar-refractivity contribution in [3.05, 3.63) is 34.9 Å². The van der Waals surface area contributed by atoms with Gasteiger partial charge in [0.25, 0.3) is 10.2 Å². The molecule has 1 aromatic carbocycles. The third-order valence-electron chi connectivity index (χ3n) is 2.42. The minimum Gasteiger partial charge on any atom is -0.481 e. The van der Waals surface area contributed by atoms with E-state index in [1.54, 1.807) is 24.3 Å². The molecule has 0 aliphatic carbocycles. The molecule has 1 aromatic rings. The number of hydrogen-bond donors (Lipinski definition) is 2. The summed E-state index contributed by atoms with van der Waals surface area (Å²) in [6.45, 7) is 0.0438. The molecule has 6 nitrogen and oxygen atoms in total. The topological polar surface area (TPSA) is 86.7 Å². The van der Waals surface area contributed by atoms with Crippen LogP contribution in [0.4, 0.5) is 0 Å². The summed E-state index contributed by atoms with van der Waals surface area (Å²) in [5, 5.41) is 9.08.